The number of nitrogens with two attached hydrogens (primary N) is 3. The second kappa shape index (κ2) is 9.79. The van der Waals surface area contributed by atoms with Gasteiger partial charge in [-0.3, -0.25) is 14.5 Å². The smallest absolute Gasteiger partial charge is 0.269 e. The first-order chi connectivity index (χ1) is 17.3. The van der Waals surface area contributed by atoms with E-state index in [2.05, 4.69) is 15.2 Å². The molecular formula is C26H34N8O2. The van der Waals surface area contributed by atoms with Crippen LogP contribution in [0.5, 0.6) is 0 Å². The molecule has 0 radical (unpaired) electrons. The molecule has 36 heavy (non-hydrogen) atoms. The average molecular weight is 491 g/mol. The molecule has 2 amide bonds. The Labute approximate surface area is 211 Å². The van der Waals surface area contributed by atoms with Crippen molar-refractivity contribution in [3.8, 4) is 0 Å². The van der Waals surface area contributed by atoms with Crippen LogP contribution in [0.15, 0.2) is 42.4 Å². The quantitative estimate of drug-likeness (QED) is 0.267. The van der Waals surface area contributed by atoms with E-state index in [4.69, 9.17) is 17.3 Å². The number of hydrogen-bond acceptors (Lipinski definition) is 8. The van der Waals surface area contributed by atoms with E-state index in [-0.39, 0.29) is 29.6 Å². The zero-order valence-electron chi connectivity index (χ0n) is 20.6. The minimum atomic E-state index is -0.380. The molecule has 2 unspecified atom stereocenters. The Hall–Kier alpha value is -3.63. The zero-order valence-corrected chi connectivity index (χ0v) is 20.6. The van der Waals surface area contributed by atoms with Gasteiger partial charge in [0, 0.05) is 31.2 Å². The van der Waals surface area contributed by atoms with Crippen molar-refractivity contribution < 1.29 is 9.59 Å². The largest absolute Gasteiger partial charge is 0.393 e. The van der Waals surface area contributed by atoms with Crippen molar-refractivity contribution in [1.82, 2.24) is 20.2 Å². The van der Waals surface area contributed by atoms with Crippen molar-refractivity contribution >= 4 is 23.3 Å². The molecule has 3 aliphatic rings. The predicted molar refractivity (Wildman–Crippen MR) is 138 cm³/mol. The predicted octanol–water partition coefficient (Wildman–Crippen LogP) is 1.06. The van der Waals surface area contributed by atoms with Gasteiger partial charge in [-0.15, -0.1) is 0 Å². The summed E-state index contributed by atoms with van der Waals surface area (Å²) in [4.78, 5) is 34.0. The molecule has 1 aromatic heterocycles. The minimum Gasteiger partial charge on any atom is -0.393 e. The van der Waals surface area contributed by atoms with Crippen LogP contribution in [-0.2, 0) is 22.6 Å². The first-order valence-electron chi connectivity index (χ1n) is 12.5. The summed E-state index contributed by atoms with van der Waals surface area (Å²) in [5.74, 6) is 6.48. The molecule has 7 N–H and O–H groups in total. The molecule has 190 valence electrons. The third kappa shape index (κ3) is 4.61. The normalized spacial score (nSPS) is 21.9. The third-order valence-electron chi connectivity index (χ3n) is 7.50. The SMILES string of the molecule is Cc1cc(CN(N)/C=C(\N)C(=O)NC2CCc3c2ccnc3N)ccc1N1CCN2CCCC2C1=O. The van der Waals surface area contributed by atoms with Gasteiger partial charge in [0.25, 0.3) is 5.91 Å². The molecule has 2 aromatic rings. The molecule has 1 aromatic carbocycles. The van der Waals surface area contributed by atoms with Gasteiger partial charge in [-0.25, -0.2) is 10.8 Å². The van der Waals surface area contributed by atoms with Gasteiger partial charge in [0.05, 0.1) is 18.6 Å². The molecule has 0 bridgehead atoms. The lowest BCUT2D eigenvalue weighted by atomic mass is 10.1. The maximum absolute atomic E-state index is 13.0. The number of rotatable bonds is 6. The number of fused-ring (bicyclic) bond motifs is 2. The van der Waals surface area contributed by atoms with E-state index in [1.807, 2.05) is 36.1 Å². The number of anilines is 2. The van der Waals surface area contributed by atoms with E-state index in [0.717, 1.165) is 66.7 Å². The summed E-state index contributed by atoms with van der Waals surface area (Å²) >= 11 is 0. The van der Waals surface area contributed by atoms with Crippen molar-refractivity contribution in [3.05, 3.63) is 64.6 Å². The highest BCUT2D eigenvalue weighted by Gasteiger charge is 2.38. The van der Waals surface area contributed by atoms with Gasteiger partial charge >= 0.3 is 0 Å². The van der Waals surface area contributed by atoms with Crippen LogP contribution in [-0.4, -0.2) is 52.4 Å². The number of pyridine rings is 1. The number of hydrogen-bond donors (Lipinski definition) is 4. The molecule has 10 heteroatoms. The topological polar surface area (TPSA) is 147 Å². The number of carbonyl (C=O) groups excluding carboxylic acids is 2. The van der Waals surface area contributed by atoms with Gasteiger partial charge in [-0.1, -0.05) is 12.1 Å². The molecule has 10 nitrogen and oxygen atoms in total. The van der Waals surface area contributed by atoms with E-state index in [0.29, 0.717) is 18.9 Å². The number of amides is 2. The highest BCUT2D eigenvalue weighted by atomic mass is 16.2. The fraction of sp³-hybridized carbons (Fsp3) is 0.423. The maximum atomic E-state index is 13.0. The Morgan fingerprint density at radius 2 is 2.08 bits per heavy atom. The van der Waals surface area contributed by atoms with E-state index < -0.39 is 0 Å². The minimum absolute atomic E-state index is 0.0170. The molecule has 3 heterocycles. The standard InChI is InChI=1S/C26H34N8O2/c1-16-13-17(4-7-22(16)34-12-11-32-10-2-3-23(32)26(34)36)14-33(29)15-20(27)25(35)31-21-6-5-19-18(21)8-9-30-24(19)28/h4,7-9,13,15,21,23H,2-3,5-6,10-12,14,27,29H2,1H3,(H2,28,30)(H,31,35)/b20-15-. The summed E-state index contributed by atoms with van der Waals surface area (Å²) in [5, 5.41) is 4.36. The number of nitrogens with zero attached hydrogens (tertiary/aromatic N) is 4. The van der Waals surface area contributed by atoms with Gasteiger partial charge < -0.3 is 26.7 Å². The van der Waals surface area contributed by atoms with Crippen LogP contribution in [0.1, 0.15) is 47.6 Å². The third-order valence-corrected chi connectivity index (χ3v) is 7.50. The Morgan fingerprint density at radius 3 is 2.89 bits per heavy atom. The fourth-order valence-corrected chi connectivity index (χ4v) is 5.70. The van der Waals surface area contributed by atoms with Gasteiger partial charge in [-0.2, -0.15) is 0 Å². The molecule has 2 atom stereocenters. The molecule has 2 fully saturated rings. The van der Waals surface area contributed by atoms with Crippen molar-refractivity contribution in [3.63, 3.8) is 0 Å². The molecule has 1 aliphatic carbocycles. The second-order valence-corrected chi connectivity index (χ2v) is 9.89. The van der Waals surface area contributed by atoms with Crippen LogP contribution in [0.3, 0.4) is 0 Å². The number of aromatic nitrogens is 1. The monoisotopic (exact) mass is 490 g/mol. The highest BCUT2D eigenvalue weighted by molar-refractivity contribution is 5.98. The summed E-state index contributed by atoms with van der Waals surface area (Å²) in [7, 11) is 0. The zero-order chi connectivity index (χ0) is 25.4. The van der Waals surface area contributed by atoms with Crippen LogP contribution in [0.2, 0.25) is 0 Å². The van der Waals surface area contributed by atoms with Crippen molar-refractivity contribution in [2.75, 3.05) is 30.3 Å². The summed E-state index contributed by atoms with van der Waals surface area (Å²) in [5.41, 5.74) is 16.9. The van der Waals surface area contributed by atoms with Crippen LogP contribution in [0.4, 0.5) is 11.5 Å². The molecule has 2 saturated heterocycles. The van der Waals surface area contributed by atoms with Crippen LogP contribution < -0.4 is 27.5 Å². The molecule has 0 saturated carbocycles. The van der Waals surface area contributed by atoms with Gasteiger partial charge in [0.1, 0.15) is 11.5 Å². The number of nitrogens with one attached hydrogen (secondary N) is 1. The van der Waals surface area contributed by atoms with Gasteiger partial charge in [-0.05, 0) is 73.5 Å². The molecule has 0 spiro atoms. The van der Waals surface area contributed by atoms with Crippen molar-refractivity contribution in [1.29, 1.82) is 0 Å². The van der Waals surface area contributed by atoms with E-state index in [1.165, 1.54) is 11.2 Å². The number of benzene rings is 1. The highest BCUT2D eigenvalue weighted by Crippen LogP contribution is 2.33. The Morgan fingerprint density at radius 1 is 1.25 bits per heavy atom. The number of nitrogen functional groups attached to an aromatic ring is 1. The van der Waals surface area contributed by atoms with Crippen molar-refractivity contribution in [2.45, 2.75) is 51.2 Å². The Balaban J connectivity index is 1.20. The number of hydrazine groups is 1. The lowest BCUT2D eigenvalue weighted by Crippen LogP contribution is -2.54. The number of carbonyl (C=O) groups is 2. The Bertz CT molecular complexity index is 1210. The first kappa shape index (κ1) is 24.1. The number of piperazine rings is 1. The average Bonchev–Trinajstić information content (AvgIpc) is 3.48. The van der Waals surface area contributed by atoms with E-state index in [9.17, 15) is 9.59 Å². The molecule has 5 rings (SSSR count). The van der Waals surface area contributed by atoms with Gasteiger partial charge in [0.2, 0.25) is 5.91 Å². The first-order valence-corrected chi connectivity index (χ1v) is 12.5. The summed E-state index contributed by atoms with van der Waals surface area (Å²) in [6.07, 6.45) is 6.64. The lowest BCUT2D eigenvalue weighted by Gasteiger charge is -2.37. The van der Waals surface area contributed by atoms with Crippen LogP contribution >= 0.6 is 0 Å². The molecular weight excluding hydrogens is 456 g/mol. The summed E-state index contributed by atoms with van der Waals surface area (Å²) in [6, 6.07) is 7.73. The van der Waals surface area contributed by atoms with Gasteiger partial charge in [0.15, 0.2) is 0 Å². The summed E-state index contributed by atoms with van der Waals surface area (Å²) < 4.78 is 0. The molecule has 2 aliphatic heterocycles. The number of aryl methyl sites for hydroxylation is 1. The second-order valence-electron chi connectivity index (χ2n) is 9.89. The Kier molecular flexibility index (Phi) is 6.55. The van der Waals surface area contributed by atoms with Crippen LogP contribution in [0.25, 0.3) is 0 Å². The van der Waals surface area contributed by atoms with Crippen molar-refractivity contribution in [2.24, 2.45) is 11.6 Å². The lowest BCUT2D eigenvalue weighted by molar-refractivity contribution is -0.124. The maximum Gasteiger partial charge on any atom is 0.269 e. The fourth-order valence-electron chi connectivity index (χ4n) is 5.70. The van der Waals surface area contributed by atoms with E-state index >= 15 is 0 Å². The van der Waals surface area contributed by atoms with Crippen LogP contribution in [0, 0.1) is 6.92 Å². The van der Waals surface area contributed by atoms with E-state index in [1.54, 1.807) is 6.20 Å². The summed E-state index contributed by atoms with van der Waals surface area (Å²) in [6.45, 7) is 5.02.